The van der Waals surface area contributed by atoms with Gasteiger partial charge < -0.3 is 4.79 Å². The molecule has 3 heteroatoms. The topological polar surface area (TPSA) is 33.2 Å². The molecule has 3 rings (SSSR count). The first-order valence-electron chi connectivity index (χ1n) is 7.37. The summed E-state index contributed by atoms with van der Waals surface area (Å²) in [7, 11) is 0. The van der Waals surface area contributed by atoms with Crippen molar-refractivity contribution < 1.29 is 4.79 Å². The second-order valence-corrected chi connectivity index (χ2v) is 6.18. The molecule has 2 aliphatic rings. The molecular weight excluding hydrogens is 236 g/mol. The van der Waals surface area contributed by atoms with Gasteiger partial charge in [-0.25, -0.2) is 0 Å². The number of likely N-dealkylation sites (tertiary alicyclic amines) is 1. The summed E-state index contributed by atoms with van der Waals surface area (Å²) in [6, 6.07) is 4.69. The lowest BCUT2D eigenvalue weighted by molar-refractivity contribution is -0.114. The number of rotatable bonds is 3. The van der Waals surface area contributed by atoms with Crippen molar-refractivity contribution in [1.29, 1.82) is 0 Å². The van der Waals surface area contributed by atoms with Crippen molar-refractivity contribution in [3.05, 3.63) is 29.6 Å². The van der Waals surface area contributed by atoms with Gasteiger partial charge in [-0.05, 0) is 49.3 Å². The zero-order valence-electron chi connectivity index (χ0n) is 11.7. The van der Waals surface area contributed by atoms with Crippen LogP contribution in [0, 0.1) is 11.8 Å². The maximum Gasteiger partial charge on any atom is 0.137 e. The molecule has 3 nitrogen and oxygen atoms in total. The average molecular weight is 258 g/mol. The predicted molar refractivity (Wildman–Crippen MR) is 74.8 cm³/mol. The molecule has 0 bridgehead atoms. The second-order valence-electron chi connectivity index (χ2n) is 6.18. The van der Waals surface area contributed by atoms with E-state index in [1.54, 1.807) is 0 Å². The highest BCUT2D eigenvalue weighted by Gasteiger charge is 2.42. The van der Waals surface area contributed by atoms with E-state index in [9.17, 15) is 4.79 Å². The van der Waals surface area contributed by atoms with Gasteiger partial charge in [-0.1, -0.05) is 19.9 Å². The molecule has 19 heavy (non-hydrogen) atoms. The van der Waals surface area contributed by atoms with E-state index in [0.717, 1.165) is 19.3 Å². The van der Waals surface area contributed by atoms with Crippen LogP contribution in [0.15, 0.2) is 18.3 Å². The second kappa shape index (κ2) is 5.04. The van der Waals surface area contributed by atoms with Gasteiger partial charge in [0, 0.05) is 17.9 Å². The Labute approximate surface area is 115 Å². The van der Waals surface area contributed by atoms with Crippen LogP contribution in [-0.4, -0.2) is 28.8 Å². The Morgan fingerprint density at radius 1 is 1.42 bits per heavy atom. The third-order valence-electron chi connectivity index (χ3n) is 4.76. The summed E-state index contributed by atoms with van der Waals surface area (Å²) in [6.45, 7) is 5.32. The molecule has 2 heterocycles. The van der Waals surface area contributed by atoms with E-state index >= 15 is 0 Å². The number of aromatic nitrogens is 1. The van der Waals surface area contributed by atoms with Crippen molar-refractivity contribution in [3.63, 3.8) is 0 Å². The van der Waals surface area contributed by atoms with E-state index in [0.29, 0.717) is 17.9 Å². The highest BCUT2D eigenvalue weighted by Crippen LogP contribution is 2.45. The minimum absolute atomic E-state index is 0.0427. The van der Waals surface area contributed by atoms with Crippen LogP contribution in [0.5, 0.6) is 0 Å². The lowest BCUT2D eigenvalue weighted by Crippen LogP contribution is -2.41. The van der Waals surface area contributed by atoms with Crippen LogP contribution >= 0.6 is 0 Å². The van der Waals surface area contributed by atoms with Crippen molar-refractivity contribution in [2.24, 2.45) is 11.8 Å². The van der Waals surface area contributed by atoms with Gasteiger partial charge in [0.05, 0.1) is 6.04 Å². The number of nitrogens with zero attached hydrogens (tertiary/aromatic N) is 2. The molecule has 1 saturated heterocycles. The standard InChI is InChI=1S/C16H22N2O/c1-11(2)15(10-19)18-9-7-12-5-6-14-13(16(12)18)4-3-8-17-14/h3-4,8,10-12,15-16H,5-7,9H2,1-2H3. The van der Waals surface area contributed by atoms with Gasteiger partial charge in [0.25, 0.3) is 0 Å². The van der Waals surface area contributed by atoms with Crippen LogP contribution in [0.25, 0.3) is 0 Å². The van der Waals surface area contributed by atoms with Gasteiger partial charge in [-0.3, -0.25) is 9.88 Å². The molecular formula is C16H22N2O. The van der Waals surface area contributed by atoms with E-state index in [2.05, 4.69) is 29.8 Å². The SMILES string of the molecule is CC(C)C(C=O)N1CCC2CCc3ncccc3C21. The molecule has 0 aromatic carbocycles. The Morgan fingerprint density at radius 2 is 2.26 bits per heavy atom. The fourth-order valence-corrected chi connectivity index (χ4v) is 3.82. The van der Waals surface area contributed by atoms with Gasteiger partial charge >= 0.3 is 0 Å². The van der Waals surface area contributed by atoms with Crippen molar-refractivity contribution in [2.75, 3.05) is 6.54 Å². The molecule has 102 valence electrons. The molecule has 0 N–H and O–H groups in total. The maximum absolute atomic E-state index is 11.5. The number of hydrogen-bond donors (Lipinski definition) is 0. The number of carbonyl (C=O) groups excluding carboxylic acids is 1. The number of fused-ring (bicyclic) bond motifs is 3. The maximum atomic E-state index is 11.5. The summed E-state index contributed by atoms with van der Waals surface area (Å²) < 4.78 is 0. The number of aldehydes is 1. The molecule has 1 aliphatic carbocycles. The summed E-state index contributed by atoms with van der Waals surface area (Å²) in [5.41, 5.74) is 2.60. The van der Waals surface area contributed by atoms with Gasteiger partial charge in [0.15, 0.2) is 0 Å². The summed E-state index contributed by atoms with van der Waals surface area (Å²) >= 11 is 0. The highest BCUT2D eigenvalue weighted by atomic mass is 16.1. The Hall–Kier alpha value is -1.22. The minimum atomic E-state index is 0.0427. The predicted octanol–water partition coefficient (Wildman–Crippen LogP) is 2.61. The minimum Gasteiger partial charge on any atom is -0.302 e. The number of carbonyl (C=O) groups is 1. The summed E-state index contributed by atoms with van der Waals surface area (Å²) in [5, 5.41) is 0. The molecule has 1 aliphatic heterocycles. The van der Waals surface area contributed by atoms with Crippen molar-refractivity contribution in [1.82, 2.24) is 9.88 Å². The van der Waals surface area contributed by atoms with Gasteiger partial charge in [0.1, 0.15) is 6.29 Å². The van der Waals surface area contributed by atoms with Crippen molar-refractivity contribution in [3.8, 4) is 0 Å². The van der Waals surface area contributed by atoms with Crippen LogP contribution in [0.4, 0.5) is 0 Å². The molecule has 3 atom stereocenters. The normalized spacial score (nSPS) is 27.9. The lowest BCUT2D eigenvalue weighted by Gasteiger charge is -2.37. The first-order chi connectivity index (χ1) is 9.22. The van der Waals surface area contributed by atoms with Gasteiger partial charge in [0.2, 0.25) is 0 Å². The largest absolute Gasteiger partial charge is 0.302 e. The van der Waals surface area contributed by atoms with E-state index < -0.39 is 0 Å². The van der Waals surface area contributed by atoms with Gasteiger partial charge in [-0.2, -0.15) is 0 Å². The molecule has 1 aromatic rings. The van der Waals surface area contributed by atoms with Gasteiger partial charge in [-0.15, -0.1) is 0 Å². The average Bonchev–Trinajstić information content (AvgIpc) is 2.84. The zero-order chi connectivity index (χ0) is 13.4. The number of hydrogen-bond acceptors (Lipinski definition) is 3. The Bertz CT molecular complexity index is 472. The van der Waals surface area contributed by atoms with Crippen molar-refractivity contribution in [2.45, 2.75) is 45.2 Å². The van der Waals surface area contributed by atoms with Crippen LogP contribution in [0.2, 0.25) is 0 Å². The van der Waals surface area contributed by atoms with Crippen molar-refractivity contribution >= 4 is 6.29 Å². The Balaban J connectivity index is 1.97. The van der Waals surface area contributed by atoms with E-state index in [-0.39, 0.29) is 6.04 Å². The molecule has 1 fully saturated rings. The molecule has 3 unspecified atom stereocenters. The van der Waals surface area contributed by atoms with Crippen LogP contribution in [0.1, 0.15) is 44.0 Å². The zero-order valence-corrected chi connectivity index (χ0v) is 11.7. The van der Waals surface area contributed by atoms with E-state index in [1.807, 2.05) is 12.3 Å². The van der Waals surface area contributed by atoms with Crippen LogP contribution in [0.3, 0.4) is 0 Å². The summed E-state index contributed by atoms with van der Waals surface area (Å²) in [4.78, 5) is 18.4. The van der Waals surface area contributed by atoms with Crippen LogP contribution in [-0.2, 0) is 11.2 Å². The number of aryl methyl sites for hydroxylation is 1. The fourth-order valence-electron chi connectivity index (χ4n) is 3.82. The smallest absolute Gasteiger partial charge is 0.137 e. The molecule has 1 aromatic heterocycles. The Morgan fingerprint density at radius 3 is 3.00 bits per heavy atom. The summed E-state index contributed by atoms with van der Waals surface area (Å²) in [6.07, 6.45) is 6.55. The molecule has 0 radical (unpaired) electrons. The first kappa shape index (κ1) is 12.8. The molecule has 0 amide bonds. The Kier molecular flexibility index (Phi) is 3.40. The molecule has 0 saturated carbocycles. The third-order valence-corrected chi connectivity index (χ3v) is 4.76. The first-order valence-corrected chi connectivity index (χ1v) is 7.37. The quantitative estimate of drug-likeness (QED) is 0.781. The third kappa shape index (κ3) is 2.10. The monoisotopic (exact) mass is 258 g/mol. The highest BCUT2D eigenvalue weighted by molar-refractivity contribution is 5.58. The lowest BCUT2D eigenvalue weighted by atomic mass is 9.82. The summed E-state index contributed by atoms with van der Waals surface area (Å²) in [5.74, 6) is 1.08. The van der Waals surface area contributed by atoms with E-state index in [1.165, 1.54) is 24.1 Å². The number of pyridine rings is 1. The fraction of sp³-hybridized carbons (Fsp3) is 0.625. The van der Waals surface area contributed by atoms with Crippen LogP contribution < -0.4 is 0 Å². The van der Waals surface area contributed by atoms with E-state index in [4.69, 9.17) is 0 Å². The molecule has 0 spiro atoms.